The minimum atomic E-state index is 0.386. The third-order valence-electron chi connectivity index (χ3n) is 3.56. The molecule has 1 N–H and O–H groups in total. The highest BCUT2D eigenvalue weighted by Gasteiger charge is 2.29. The molecule has 0 amide bonds. The predicted molar refractivity (Wildman–Crippen MR) is 76.2 cm³/mol. The van der Waals surface area contributed by atoms with Gasteiger partial charge in [-0.05, 0) is 32.7 Å². The zero-order valence-electron chi connectivity index (χ0n) is 11.7. The summed E-state index contributed by atoms with van der Waals surface area (Å²) in [6.07, 6.45) is 3.35. The minimum Gasteiger partial charge on any atom is -0.381 e. The fraction of sp³-hybridized carbons (Fsp3) is 0.786. The van der Waals surface area contributed by atoms with Crippen LogP contribution in [0.3, 0.4) is 0 Å². The molecule has 2 rings (SSSR count). The molecule has 0 bridgehead atoms. The van der Waals surface area contributed by atoms with E-state index in [1.54, 1.807) is 0 Å². The Morgan fingerprint density at radius 3 is 2.89 bits per heavy atom. The Morgan fingerprint density at radius 2 is 2.33 bits per heavy atom. The van der Waals surface area contributed by atoms with Crippen LogP contribution in [0, 0.1) is 12.8 Å². The number of nitrogens with zero attached hydrogens (tertiary/aromatic N) is 1. The van der Waals surface area contributed by atoms with Gasteiger partial charge in [0, 0.05) is 17.4 Å². The molecule has 0 saturated carbocycles. The molecule has 1 aromatic heterocycles. The van der Waals surface area contributed by atoms with E-state index >= 15 is 0 Å². The zero-order chi connectivity index (χ0) is 13.0. The molecule has 3 nitrogen and oxygen atoms in total. The highest BCUT2D eigenvalue weighted by molar-refractivity contribution is 7.11. The molecule has 1 aromatic rings. The minimum absolute atomic E-state index is 0.386. The van der Waals surface area contributed by atoms with Crippen molar-refractivity contribution < 1.29 is 4.74 Å². The van der Waals surface area contributed by atoms with Crippen molar-refractivity contribution in [2.75, 3.05) is 19.8 Å². The molecule has 1 saturated heterocycles. The first kappa shape index (κ1) is 14.0. The van der Waals surface area contributed by atoms with Gasteiger partial charge in [0.25, 0.3) is 0 Å². The molecule has 1 aliphatic rings. The Hall–Kier alpha value is -0.450. The van der Waals surface area contributed by atoms with Gasteiger partial charge < -0.3 is 10.1 Å². The first-order valence-electron chi connectivity index (χ1n) is 7.03. The topological polar surface area (TPSA) is 34.2 Å². The monoisotopic (exact) mass is 268 g/mol. The zero-order valence-corrected chi connectivity index (χ0v) is 12.5. The van der Waals surface area contributed by atoms with Gasteiger partial charge in [0.2, 0.25) is 0 Å². The molecule has 102 valence electrons. The maximum atomic E-state index is 5.54. The van der Waals surface area contributed by atoms with Gasteiger partial charge in [-0.2, -0.15) is 0 Å². The molecule has 2 heterocycles. The quantitative estimate of drug-likeness (QED) is 0.861. The van der Waals surface area contributed by atoms with Crippen LogP contribution in [0.4, 0.5) is 0 Å². The second kappa shape index (κ2) is 6.64. The number of nitrogens with one attached hydrogen (secondary N) is 1. The second-order valence-corrected chi connectivity index (χ2v) is 6.20. The molecule has 2 unspecified atom stereocenters. The first-order valence-corrected chi connectivity index (χ1v) is 7.85. The molecule has 18 heavy (non-hydrogen) atoms. The van der Waals surface area contributed by atoms with Crippen molar-refractivity contribution in [2.45, 2.75) is 46.1 Å². The lowest BCUT2D eigenvalue weighted by Crippen LogP contribution is -2.29. The van der Waals surface area contributed by atoms with E-state index in [0.29, 0.717) is 12.0 Å². The molecule has 0 aromatic carbocycles. The fourth-order valence-electron chi connectivity index (χ4n) is 2.48. The van der Waals surface area contributed by atoms with Crippen molar-refractivity contribution in [2.24, 2.45) is 5.92 Å². The summed E-state index contributed by atoms with van der Waals surface area (Å²) < 4.78 is 5.54. The van der Waals surface area contributed by atoms with Crippen LogP contribution in [0.2, 0.25) is 0 Å². The summed E-state index contributed by atoms with van der Waals surface area (Å²) >= 11 is 1.86. The van der Waals surface area contributed by atoms with Crippen LogP contribution in [-0.2, 0) is 11.2 Å². The van der Waals surface area contributed by atoms with Gasteiger partial charge in [-0.15, -0.1) is 11.3 Å². The first-order chi connectivity index (χ1) is 8.76. The third kappa shape index (κ3) is 3.11. The number of ether oxygens (including phenoxy) is 1. The lowest BCUT2D eigenvalue weighted by atomic mass is 9.99. The molecule has 1 aliphatic heterocycles. The molecule has 4 heteroatoms. The van der Waals surface area contributed by atoms with Crippen LogP contribution in [0.25, 0.3) is 0 Å². The summed E-state index contributed by atoms with van der Waals surface area (Å²) in [5.74, 6) is 0.590. The normalized spacial score (nSPS) is 21.4. The number of aromatic nitrogens is 1. The largest absolute Gasteiger partial charge is 0.381 e. The SMILES string of the molecule is CCCNC(c1nc(CC)c(C)s1)C1CCOC1. The van der Waals surface area contributed by atoms with Gasteiger partial charge in [0.1, 0.15) is 5.01 Å². The van der Waals surface area contributed by atoms with Crippen molar-refractivity contribution in [1.82, 2.24) is 10.3 Å². The highest BCUT2D eigenvalue weighted by Crippen LogP contribution is 2.32. The average Bonchev–Trinajstić information content (AvgIpc) is 3.00. The van der Waals surface area contributed by atoms with E-state index in [2.05, 4.69) is 26.1 Å². The van der Waals surface area contributed by atoms with Gasteiger partial charge in [-0.1, -0.05) is 13.8 Å². The van der Waals surface area contributed by atoms with Crippen LogP contribution in [0.1, 0.15) is 48.3 Å². The Labute approximate surface area is 114 Å². The number of rotatable bonds is 6. The van der Waals surface area contributed by atoms with E-state index in [4.69, 9.17) is 9.72 Å². The lowest BCUT2D eigenvalue weighted by Gasteiger charge is -2.21. The average molecular weight is 268 g/mol. The van der Waals surface area contributed by atoms with Gasteiger partial charge >= 0.3 is 0 Å². The molecule has 0 aliphatic carbocycles. The summed E-state index contributed by atoms with van der Waals surface area (Å²) in [7, 11) is 0. The Bertz CT molecular complexity index is 372. The van der Waals surface area contributed by atoms with Gasteiger partial charge in [-0.3, -0.25) is 0 Å². The third-order valence-corrected chi connectivity index (χ3v) is 4.66. The summed E-state index contributed by atoms with van der Waals surface area (Å²) in [5, 5.41) is 4.92. The highest BCUT2D eigenvalue weighted by atomic mass is 32.1. The molecule has 2 atom stereocenters. The number of thiazole rings is 1. The smallest absolute Gasteiger partial charge is 0.110 e. The van der Waals surface area contributed by atoms with Crippen LogP contribution in [0.15, 0.2) is 0 Å². The van der Waals surface area contributed by atoms with E-state index in [1.807, 2.05) is 11.3 Å². The van der Waals surface area contributed by atoms with Crippen LogP contribution in [-0.4, -0.2) is 24.7 Å². The van der Waals surface area contributed by atoms with Crippen molar-refractivity contribution in [3.05, 3.63) is 15.6 Å². The van der Waals surface area contributed by atoms with E-state index in [9.17, 15) is 0 Å². The number of aryl methyl sites for hydroxylation is 2. The van der Waals surface area contributed by atoms with Gasteiger partial charge in [0.15, 0.2) is 0 Å². The van der Waals surface area contributed by atoms with E-state index in [-0.39, 0.29) is 0 Å². The van der Waals surface area contributed by atoms with Gasteiger partial charge in [-0.25, -0.2) is 4.98 Å². The molecule has 0 radical (unpaired) electrons. The summed E-state index contributed by atoms with van der Waals surface area (Å²) in [4.78, 5) is 6.20. The lowest BCUT2D eigenvalue weighted by molar-refractivity contribution is 0.176. The molecular formula is C14H24N2OS. The van der Waals surface area contributed by atoms with Crippen molar-refractivity contribution in [3.63, 3.8) is 0 Å². The maximum Gasteiger partial charge on any atom is 0.110 e. The van der Waals surface area contributed by atoms with Gasteiger partial charge in [0.05, 0.1) is 18.3 Å². The van der Waals surface area contributed by atoms with Crippen LogP contribution < -0.4 is 5.32 Å². The number of hydrogen-bond acceptors (Lipinski definition) is 4. The summed E-state index contributed by atoms with van der Waals surface area (Å²) in [5.41, 5.74) is 1.26. The van der Waals surface area contributed by atoms with E-state index < -0.39 is 0 Å². The molecule has 0 spiro atoms. The maximum absolute atomic E-state index is 5.54. The van der Waals surface area contributed by atoms with Crippen molar-refractivity contribution >= 4 is 11.3 Å². The van der Waals surface area contributed by atoms with Crippen LogP contribution >= 0.6 is 11.3 Å². The Balaban J connectivity index is 2.15. The van der Waals surface area contributed by atoms with Crippen molar-refractivity contribution in [3.8, 4) is 0 Å². The summed E-state index contributed by atoms with van der Waals surface area (Å²) in [6.45, 7) is 9.41. The standard InChI is InChI=1S/C14H24N2OS/c1-4-7-15-13(11-6-8-17-9-11)14-16-12(5-2)10(3)18-14/h11,13,15H,4-9H2,1-3H3. The molecular weight excluding hydrogens is 244 g/mol. The Kier molecular flexibility index (Phi) is 5.15. The second-order valence-electron chi connectivity index (χ2n) is 4.96. The Morgan fingerprint density at radius 1 is 1.50 bits per heavy atom. The van der Waals surface area contributed by atoms with E-state index in [0.717, 1.165) is 39.0 Å². The molecule has 1 fully saturated rings. The van der Waals surface area contributed by atoms with Crippen molar-refractivity contribution in [1.29, 1.82) is 0 Å². The number of hydrogen-bond donors (Lipinski definition) is 1. The fourth-order valence-corrected chi connectivity index (χ4v) is 3.66. The van der Waals surface area contributed by atoms with Crippen LogP contribution in [0.5, 0.6) is 0 Å². The predicted octanol–water partition coefficient (Wildman–Crippen LogP) is 3.09. The van der Waals surface area contributed by atoms with E-state index in [1.165, 1.54) is 15.6 Å². The summed E-state index contributed by atoms with van der Waals surface area (Å²) in [6, 6.07) is 0.386.